The molecule has 3 nitrogen and oxygen atoms in total. The van der Waals surface area contributed by atoms with Crippen molar-refractivity contribution in [1.82, 2.24) is 9.38 Å². The molecule has 3 aromatic rings. The minimum atomic E-state index is 0.968. The molecule has 2 aromatic heterocycles. The van der Waals surface area contributed by atoms with Crippen molar-refractivity contribution in [3.05, 3.63) is 61.6 Å². The van der Waals surface area contributed by atoms with E-state index in [2.05, 4.69) is 71.0 Å². The van der Waals surface area contributed by atoms with Crippen LogP contribution in [-0.4, -0.2) is 22.7 Å². The van der Waals surface area contributed by atoms with Gasteiger partial charge in [-0.2, -0.15) is 0 Å². The van der Waals surface area contributed by atoms with Crippen LogP contribution in [0.1, 0.15) is 0 Å². The van der Waals surface area contributed by atoms with E-state index in [0.717, 1.165) is 22.6 Å². The summed E-state index contributed by atoms with van der Waals surface area (Å²) in [5.74, 6) is 0. The second-order valence-corrected chi connectivity index (χ2v) is 5.68. The minimum Gasteiger partial charge on any atom is -0.352 e. The number of nitrogens with zero attached hydrogens (tertiary/aromatic N) is 3. The normalized spacial score (nSPS) is 10.8. The van der Waals surface area contributed by atoms with E-state index >= 15 is 0 Å². The largest absolute Gasteiger partial charge is 0.352 e. The van der Waals surface area contributed by atoms with Crippen LogP contribution in [0.15, 0.2) is 66.5 Å². The first-order chi connectivity index (χ1) is 10.2. The van der Waals surface area contributed by atoms with E-state index < -0.39 is 0 Å². The molecule has 0 aliphatic heterocycles. The molecule has 0 radical (unpaired) electrons. The Balaban J connectivity index is 1.98. The highest BCUT2D eigenvalue weighted by molar-refractivity contribution is 7.98. The summed E-state index contributed by atoms with van der Waals surface area (Å²) in [6.07, 6.45) is 8.05. The summed E-state index contributed by atoms with van der Waals surface area (Å²) in [6, 6.07) is 12.5. The summed E-state index contributed by atoms with van der Waals surface area (Å²) >= 11 is 1.73. The first-order valence-corrected chi connectivity index (χ1v) is 7.92. The second kappa shape index (κ2) is 5.66. The number of fused-ring (bicyclic) bond motifs is 1. The van der Waals surface area contributed by atoms with Gasteiger partial charge >= 0.3 is 0 Å². The van der Waals surface area contributed by atoms with E-state index in [1.807, 2.05) is 11.9 Å². The molecule has 1 aromatic carbocycles. The second-order valence-electron chi connectivity index (χ2n) is 4.80. The number of anilines is 1. The summed E-state index contributed by atoms with van der Waals surface area (Å²) < 4.78 is 2.07. The van der Waals surface area contributed by atoms with Crippen LogP contribution >= 0.6 is 11.8 Å². The number of pyridine rings is 1. The van der Waals surface area contributed by atoms with Crippen LogP contribution in [0.4, 0.5) is 5.69 Å². The van der Waals surface area contributed by atoms with Gasteiger partial charge in [0.2, 0.25) is 0 Å². The van der Waals surface area contributed by atoms with Crippen LogP contribution in [0.25, 0.3) is 16.9 Å². The Morgan fingerprint density at radius 1 is 1.14 bits per heavy atom. The summed E-state index contributed by atoms with van der Waals surface area (Å²) in [4.78, 5) is 7.89. The molecule has 0 N–H and O–H groups in total. The predicted octanol–water partition coefficient (Wildman–Crippen LogP) is 4.30. The molecule has 0 aliphatic rings. The molecule has 0 amide bonds. The van der Waals surface area contributed by atoms with E-state index in [1.54, 1.807) is 18.0 Å². The van der Waals surface area contributed by atoms with Crippen LogP contribution in [0, 0.1) is 0 Å². The van der Waals surface area contributed by atoms with E-state index in [9.17, 15) is 0 Å². The monoisotopic (exact) mass is 295 g/mol. The fourth-order valence-corrected chi connectivity index (χ4v) is 2.63. The van der Waals surface area contributed by atoms with Crippen molar-refractivity contribution in [3.8, 4) is 11.3 Å². The Hall–Kier alpha value is -2.20. The van der Waals surface area contributed by atoms with Crippen molar-refractivity contribution in [2.75, 3.05) is 18.2 Å². The van der Waals surface area contributed by atoms with E-state index in [1.165, 1.54) is 4.90 Å². The number of rotatable bonds is 4. The number of imidazole rings is 1. The lowest BCUT2D eigenvalue weighted by Crippen LogP contribution is -2.06. The van der Waals surface area contributed by atoms with Gasteiger partial charge in [-0.25, -0.2) is 4.98 Å². The highest BCUT2D eigenvalue weighted by atomic mass is 32.2. The smallest absolute Gasteiger partial charge is 0.137 e. The fourth-order valence-electron chi connectivity index (χ4n) is 2.20. The lowest BCUT2D eigenvalue weighted by molar-refractivity contribution is 1.13. The average molecular weight is 295 g/mol. The van der Waals surface area contributed by atoms with E-state index in [0.29, 0.717) is 0 Å². The molecular formula is C17H17N3S. The van der Waals surface area contributed by atoms with Crippen molar-refractivity contribution in [3.63, 3.8) is 0 Å². The average Bonchev–Trinajstić information content (AvgIpc) is 2.97. The van der Waals surface area contributed by atoms with Gasteiger partial charge in [0.05, 0.1) is 5.69 Å². The predicted molar refractivity (Wildman–Crippen MR) is 91.0 cm³/mol. The standard InChI is InChI=1S/C17H17N3S/c1-4-19(2)14-7-5-13(6-8-14)16-12-20-11-15(21-3)9-10-17(20)18-16/h4-12H,1H2,2-3H3. The van der Waals surface area contributed by atoms with Gasteiger partial charge in [0, 0.05) is 35.6 Å². The first-order valence-electron chi connectivity index (χ1n) is 6.70. The molecule has 0 bridgehead atoms. The van der Waals surface area contributed by atoms with Gasteiger partial charge in [-0.1, -0.05) is 18.7 Å². The van der Waals surface area contributed by atoms with Crippen molar-refractivity contribution in [2.45, 2.75) is 4.90 Å². The molecule has 0 unspecified atom stereocenters. The van der Waals surface area contributed by atoms with Crippen LogP contribution in [0.2, 0.25) is 0 Å². The van der Waals surface area contributed by atoms with Crippen molar-refractivity contribution < 1.29 is 0 Å². The number of benzene rings is 1. The number of aromatic nitrogens is 2. The van der Waals surface area contributed by atoms with Crippen molar-refractivity contribution in [1.29, 1.82) is 0 Å². The Morgan fingerprint density at radius 3 is 2.57 bits per heavy atom. The molecule has 0 fully saturated rings. The summed E-state index contributed by atoms with van der Waals surface area (Å²) in [5.41, 5.74) is 4.18. The van der Waals surface area contributed by atoms with Crippen LogP contribution < -0.4 is 4.90 Å². The maximum Gasteiger partial charge on any atom is 0.137 e. The summed E-state index contributed by atoms with van der Waals surface area (Å²) in [7, 11) is 1.98. The summed E-state index contributed by atoms with van der Waals surface area (Å²) in [5, 5.41) is 0. The molecule has 0 saturated carbocycles. The SMILES string of the molecule is C=CN(C)c1ccc(-c2cn3cc(SC)ccc3n2)cc1. The maximum atomic E-state index is 4.67. The van der Waals surface area contributed by atoms with Crippen LogP contribution in [-0.2, 0) is 0 Å². The zero-order chi connectivity index (χ0) is 14.8. The van der Waals surface area contributed by atoms with E-state index in [4.69, 9.17) is 0 Å². The molecule has 3 rings (SSSR count). The van der Waals surface area contributed by atoms with Crippen LogP contribution in [0.3, 0.4) is 0 Å². The summed E-state index contributed by atoms with van der Waals surface area (Å²) in [6.45, 7) is 3.77. The molecule has 0 aliphatic carbocycles. The van der Waals surface area contributed by atoms with Crippen LogP contribution in [0.5, 0.6) is 0 Å². The van der Waals surface area contributed by atoms with Gasteiger partial charge in [-0.05, 0) is 36.7 Å². The van der Waals surface area contributed by atoms with Gasteiger partial charge in [0.1, 0.15) is 5.65 Å². The van der Waals surface area contributed by atoms with Gasteiger partial charge in [-0.15, -0.1) is 11.8 Å². The van der Waals surface area contributed by atoms with Gasteiger partial charge in [0.15, 0.2) is 0 Å². The number of hydrogen-bond acceptors (Lipinski definition) is 3. The fraction of sp³-hybridized carbons (Fsp3) is 0.118. The number of hydrogen-bond donors (Lipinski definition) is 0. The maximum absolute atomic E-state index is 4.67. The first kappa shape index (κ1) is 13.8. The van der Waals surface area contributed by atoms with Gasteiger partial charge in [-0.3, -0.25) is 0 Å². The molecule has 0 atom stereocenters. The third-order valence-corrected chi connectivity index (χ3v) is 4.22. The molecular weight excluding hydrogens is 278 g/mol. The topological polar surface area (TPSA) is 20.5 Å². The Bertz CT molecular complexity index is 774. The molecule has 0 spiro atoms. The third-order valence-electron chi connectivity index (χ3n) is 3.50. The Morgan fingerprint density at radius 2 is 1.90 bits per heavy atom. The van der Waals surface area contributed by atoms with Gasteiger partial charge in [0.25, 0.3) is 0 Å². The van der Waals surface area contributed by atoms with Gasteiger partial charge < -0.3 is 9.30 Å². The molecule has 21 heavy (non-hydrogen) atoms. The highest BCUT2D eigenvalue weighted by Gasteiger charge is 2.05. The molecule has 4 heteroatoms. The van der Waals surface area contributed by atoms with Crippen molar-refractivity contribution >= 4 is 23.1 Å². The minimum absolute atomic E-state index is 0.968. The number of thioether (sulfide) groups is 1. The zero-order valence-corrected chi connectivity index (χ0v) is 13.0. The quantitative estimate of drug-likeness (QED) is 0.669. The Kier molecular flexibility index (Phi) is 3.71. The molecule has 2 heterocycles. The molecule has 0 saturated heterocycles. The lowest BCUT2D eigenvalue weighted by Gasteiger charge is -2.13. The third kappa shape index (κ3) is 2.67. The lowest BCUT2D eigenvalue weighted by atomic mass is 10.1. The Labute approximate surface area is 128 Å². The highest BCUT2D eigenvalue weighted by Crippen LogP contribution is 2.24. The zero-order valence-electron chi connectivity index (χ0n) is 12.2. The molecule has 106 valence electrons. The van der Waals surface area contributed by atoms with Crippen molar-refractivity contribution in [2.24, 2.45) is 0 Å². The van der Waals surface area contributed by atoms with E-state index in [-0.39, 0.29) is 0 Å².